The van der Waals surface area contributed by atoms with E-state index in [9.17, 15) is 9.50 Å². The zero-order valence-corrected chi connectivity index (χ0v) is 10.9. The summed E-state index contributed by atoms with van der Waals surface area (Å²) in [6, 6.07) is 11.9. The third-order valence-electron chi connectivity index (χ3n) is 2.73. The molecule has 1 N–H and O–H groups in total. The molecule has 0 radical (unpaired) electrons. The summed E-state index contributed by atoms with van der Waals surface area (Å²) in [5.41, 5.74) is 2.24. The molecule has 2 aromatic carbocycles. The van der Waals surface area contributed by atoms with Gasteiger partial charge in [-0.05, 0) is 41.8 Å². The van der Waals surface area contributed by atoms with E-state index < -0.39 is 6.10 Å². The first-order chi connectivity index (χ1) is 8.09. The topological polar surface area (TPSA) is 20.2 Å². The molecule has 0 aliphatic heterocycles. The molecule has 1 nitrogen and oxygen atoms in total. The van der Waals surface area contributed by atoms with E-state index in [1.165, 1.54) is 12.1 Å². The highest BCUT2D eigenvalue weighted by Gasteiger charge is 2.15. The summed E-state index contributed by atoms with van der Waals surface area (Å²) in [6.07, 6.45) is -0.744. The van der Waals surface area contributed by atoms with Gasteiger partial charge in [0.05, 0.1) is 0 Å². The quantitative estimate of drug-likeness (QED) is 0.888. The number of halogens is 2. The smallest absolute Gasteiger partial charge is 0.123 e. The van der Waals surface area contributed by atoms with Crippen molar-refractivity contribution < 1.29 is 9.50 Å². The molecule has 0 aliphatic carbocycles. The van der Waals surface area contributed by atoms with E-state index in [1.54, 1.807) is 13.0 Å². The van der Waals surface area contributed by atoms with Gasteiger partial charge in [0.25, 0.3) is 0 Å². The second kappa shape index (κ2) is 4.98. The average Bonchev–Trinajstić information content (AvgIpc) is 2.29. The van der Waals surface area contributed by atoms with Crippen molar-refractivity contribution in [2.45, 2.75) is 13.0 Å². The third-order valence-corrected chi connectivity index (χ3v) is 3.45. The normalized spacial score (nSPS) is 12.5. The van der Waals surface area contributed by atoms with E-state index in [1.807, 2.05) is 24.3 Å². The summed E-state index contributed by atoms with van der Waals surface area (Å²) < 4.78 is 13.8. The van der Waals surface area contributed by atoms with E-state index in [4.69, 9.17) is 0 Å². The standard InChI is InChI=1S/C14H12BrFO/c1-9-8-10(16)6-7-11(9)14(17)12-4-2-3-5-13(12)15/h2-8,14,17H,1H3. The van der Waals surface area contributed by atoms with Crippen molar-refractivity contribution in [2.75, 3.05) is 0 Å². The minimum atomic E-state index is -0.744. The molecule has 0 spiro atoms. The van der Waals surface area contributed by atoms with Crippen LogP contribution in [0.1, 0.15) is 22.8 Å². The van der Waals surface area contributed by atoms with Crippen molar-refractivity contribution in [2.24, 2.45) is 0 Å². The van der Waals surface area contributed by atoms with Crippen LogP contribution >= 0.6 is 15.9 Å². The highest BCUT2D eigenvalue weighted by atomic mass is 79.9. The summed E-state index contributed by atoms with van der Waals surface area (Å²) in [5.74, 6) is -0.287. The Morgan fingerprint density at radius 2 is 1.82 bits per heavy atom. The second-order valence-electron chi connectivity index (χ2n) is 3.92. The summed E-state index contributed by atoms with van der Waals surface area (Å²) in [5, 5.41) is 10.3. The summed E-state index contributed by atoms with van der Waals surface area (Å²) in [6.45, 7) is 1.79. The van der Waals surface area contributed by atoms with Gasteiger partial charge < -0.3 is 5.11 Å². The first kappa shape index (κ1) is 12.3. The number of aryl methyl sites for hydroxylation is 1. The molecule has 1 unspecified atom stereocenters. The minimum Gasteiger partial charge on any atom is -0.384 e. The van der Waals surface area contributed by atoms with Gasteiger partial charge >= 0.3 is 0 Å². The second-order valence-corrected chi connectivity index (χ2v) is 4.78. The number of aliphatic hydroxyl groups is 1. The summed E-state index contributed by atoms with van der Waals surface area (Å²) in [7, 11) is 0. The van der Waals surface area contributed by atoms with Crippen LogP contribution in [0.2, 0.25) is 0 Å². The highest BCUT2D eigenvalue weighted by molar-refractivity contribution is 9.10. The Kier molecular flexibility index (Phi) is 3.60. The Labute approximate surface area is 108 Å². The summed E-state index contributed by atoms with van der Waals surface area (Å²) >= 11 is 3.40. The van der Waals surface area contributed by atoms with E-state index in [2.05, 4.69) is 15.9 Å². The van der Waals surface area contributed by atoms with E-state index in [-0.39, 0.29) is 5.82 Å². The molecule has 0 bridgehead atoms. The van der Waals surface area contributed by atoms with Gasteiger partial charge in [0.2, 0.25) is 0 Å². The van der Waals surface area contributed by atoms with Gasteiger partial charge in [-0.2, -0.15) is 0 Å². The van der Waals surface area contributed by atoms with Gasteiger partial charge in [-0.3, -0.25) is 0 Å². The maximum Gasteiger partial charge on any atom is 0.123 e. The predicted octanol–water partition coefficient (Wildman–Crippen LogP) is 3.98. The first-order valence-corrected chi connectivity index (χ1v) is 6.07. The van der Waals surface area contributed by atoms with Gasteiger partial charge in [-0.1, -0.05) is 40.2 Å². The van der Waals surface area contributed by atoms with Crippen molar-refractivity contribution in [3.8, 4) is 0 Å². The third kappa shape index (κ3) is 2.56. The van der Waals surface area contributed by atoms with Gasteiger partial charge in [0.1, 0.15) is 11.9 Å². The molecule has 17 heavy (non-hydrogen) atoms. The molecule has 0 saturated heterocycles. The van der Waals surface area contributed by atoms with Crippen LogP contribution in [0.15, 0.2) is 46.9 Å². The largest absolute Gasteiger partial charge is 0.384 e. The first-order valence-electron chi connectivity index (χ1n) is 5.28. The van der Waals surface area contributed by atoms with Gasteiger partial charge in [-0.25, -0.2) is 4.39 Å². The molecule has 0 fully saturated rings. The molecule has 88 valence electrons. The average molecular weight is 295 g/mol. The maximum absolute atomic E-state index is 13.0. The van der Waals surface area contributed by atoms with Crippen LogP contribution in [0.4, 0.5) is 4.39 Å². The van der Waals surface area contributed by atoms with Crippen LogP contribution in [-0.4, -0.2) is 5.11 Å². The Bertz CT molecular complexity index is 539. The fourth-order valence-corrected chi connectivity index (χ4v) is 2.31. The van der Waals surface area contributed by atoms with Crippen LogP contribution in [-0.2, 0) is 0 Å². The molecule has 0 aliphatic rings. The van der Waals surface area contributed by atoms with E-state index >= 15 is 0 Å². The minimum absolute atomic E-state index is 0.287. The molecule has 0 amide bonds. The van der Waals surface area contributed by atoms with Crippen LogP contribution in [0.3, 0.4) is 0 Å². The van der Waals surface area contributed by atoms with Crippen molar-refractivity contribution >= 4 is 15.9 Å². The zero-order valence-electron chi connectivity index (χ0n) is 9.32. The molecule has 0 saturated carbocycles. The van der Waals surface area contributed by atoms with Crippen molar-refractivity contribution in [1.82, 2.24) is 0 Å². The van der Waals surface area contributed by atoms with Crippen molar-refractivity contribution in [3.63, 3.8) is 0 Å². The molecular formula is C14H12BrFO. The van der Waals surface area contributed by atoms with Crippen LogP contribution in [0, 0.1) is 12.7 Å². The van der Waals surface area contributed by atoms with Crippen molar-refractivity contribution in [1.29, 1.82) is 0 Å². The molecular weight excluding hydrogens is 283 g/mol. The number of rotatable bonds is 2. The number of hydrogen-bond donors (Lipinski definition) is 1. The molecule has 3 heteroatoms. The zero-order chi connectivity index (χ0) is 12.4. The molecule has 2 rings (SSSR count). The SMILES string of the molecule is Cc1cc(F)ccc1C(O)c1ccccc1Br. The molecule has 0 aromatic heterocycles. The molecule has 0 heterocycles. The monoisotopic (exact) mass is 294 g/mol. The Hall–Kier alpha value is -1.19. The fourth-order valence-electron chi connectivity index (χ4n) is 1.81. The van der Waals surface area contributed by atoms with Crippen molar-refractivity contribution in [3.05, 3.63) is 69.4 Å². The number of benzene rings is 2. The Morgan fingerprint density at radius 3 is 2.47 bits per heavy atom. The van der Waals surface area contributed by atoms with E-state index in [0.717, 1.165) is 21.2 Å². The lowest BCUT2D eigenvalue weighted by atomic mass is 9.97. The van der Waals surface area contributed by atoms with Gasteiger partial charge in [-0.15, -0.1) is 0 Å². The predicted molar refractivity (Wildman–Crippen MR) is 69.3 cm³/mol. The number of aliphatic hydroxyl groups excluding tert-OH is 1. The lowest BCUT2D eigenvalue weighted by molar-refractivity contribution is 0.218. The highest BCUT2D eigenvalue weighted by Crippen LogP contribution is 2.30. The van der Waals surface area contributed by atoms with Crippen LogP contribution in [0.5, 0.6) is 0 Å². The van der Waals surface area contributed by atoms with Gasteiger partial charge in [0.15, 0.2) is 0 Å². The van der Waals surface area contributed by atoms with Crippen LogP contribution < -0.4 is 0 Å². The molecule has 2 aromatic rings. The lowest BCUT2D eigenvalue weighted by Crippen LogP contribution is -2.03. The van der Waals surface area contributed by atoms with Crippen LogP contribution in [0.25, 0.3) is 0 Å². The fraction of sp³-hybridized carbons (Fsp3) is 0.143. The Balaban J connectivity index is 2.44. The Morgan fingerprint density at radius 1 is 1.12 bits per heavy atom. The maximum atomic E-state index is 13.0. The molecule has 1 atom stereocenters. The summed E-state index contributed by atoms with van der Waals surface area (Å²) in [4.78, 5) is 0. The number of hydrogen-bond acceptors (Lipinski definition) is 1. The van der Waals surface area contributed by atoms with Gasteiger partial charge in [0, 0.05) is 4.47 Å². The lowest BCUT2D eigenvalue weighted by Gasteiger charge is -2.15. The van der Waals surface area contributed by atoms with E-state index in [0.29, 0.717) is 0 Å².